The summed E-state index contributed by atoms with van der Waals surface area (Å²) in [6, 6.07) is 9.59. The van der Waals surface area contributed by atoms with Crippen molar-refractivity contribution in [2.24, 2.45) is 11.8 Å². The van der Waals surface area contributed by atoms with E-state index in [-0.39, 0.29) is 19.9 Å². The molecule has 6 nitrogen and oxygen atoms in total. The second-order valence-electron chi connectivity index (χ2n) is 6.18. The van der Waals surface area contributed by atoms with Crippen molar-refractivity contribution < 1.29 is 20.6 Å². The van der Waals surface area contributed by atoms with Crippen molar-refractivity contribution in [2.75, 3.05) is 20.7 Å². The van der Waals surface area contributed by atoms with Gasteiger partial charge in [0.2, 0.25) is 5.91 Å². The molecular formula is C18H28N2O4. The van der Waals surface area contributed by atoms with Crippen LogP contribution in [0.1, 0.15) is 32.7 Å². The molecule has 0 saturated heterocycles. The average Bonchev–Trinajstić information content (AvgIpc) is 2.64. The summed E-state index contributed by atoms with van der Waals surface area (Å²) < 4.78 is 5.20. The number of carbonyl (C=O) groups excluding carboxylic acids is 2. The van der Waals surface area contributed by atoms with Gasteiger partial charge in [-0.2, -0.15) is 0 Å². The van der Waals surface area contributed by atoms with Crippen LogP contribution in [-0.4, -0.2) is 37.8 Å². The molecule has 0 bridgehead atoms. The van der Waals surface area contributed by atoms with Crippen LogP contribution >= 0.6 is 0 Å². The molecule has 0 spiro atoms. The maximum Gasteiger partial charge on any atom is 0.407 e. The predicted molar refractivity (Wildman–Crippen MR) is 92.0 cm³/mol. The Balaban J connectivity index is 0.00000312. The molecule has 1 saturated carbocycles. The molecule has 0 radical (unpaired) electrons. The Morgan fingerprint density at radius 2 is 1.88 bits per heavy atom. The second kappa shape index (κ2) is 9.27. The number of benzene rings is 1. The van der Waals surface area contributed by atoms with E-state index in [0.29, 0.717) is 12.5 Å². The predicted octanol–water partition coefficient (Wildman–Crippen LogP) is 2.99. The van der Waals surface area contributed by atoms with Gasteiger partial charge in [-0.1, -0.05) is 30.3 Å². The number of amides is 2. The maximum absolute atomic E-state index is 12.0. The van der Waals surface area contributed by atoms with Crippen LogP contribution in [0.25, 0.3) is 0 Å². The highest BCUT2D eigenvalue weighted by Gasteiger charge is 2.28. The lowest BCUT2D eigenvalue weighted by molar-refractivity contribution is -0.174. The molecule has 2 rings (SSSR count). The van der Waals surface area contributed by atoms with Crippen molar-refractivity contribution in [3.8, 4) is 0 Å². The summed E-state index contributed by atoms with van der Waals surface area (Å²) in [5.41, 5.74) is 0.967. The van der Waals surface area contributed by atoms with E-state index in [1.54, 1.807) is 7.05 Å². The molecule has 0 aliphatic heterocycles. The van der Waals surface area contributed by atoms with Crippen molar-refractivity contribution in [1.82, 2.24) is 10.4 Å². The minimum Gasteiger partial charge on any atom is -0.445 e. The van der Waals surface area contributed by atoms with Gasteiger partial charge in [-0.05, 0) is 37.2 Å². The highest BCUT2D eigenvalue weighted by Crippen LogP contribution is 2.29. The van der Waals surface area contributed by atoms with Gasteiger partial charge in [0.1, 0.15) is 6.61 Å². The lowest BCUT2D eigenvalue weighted by Crippen LogP contribution is -2.36. The number of nitrogens with zero attached hydrogens (tertiary/aromatic N) is 1. The molecule has 1 aliphatic rings. The molecule has 2 amide bonds. The van der Waals surface area contributed by atoms with E-state index < -0.39 is 6.09 Å². The Labute approximate surface area is 144 Å². The topological polar surface area (TPSA) is 67.9 Å². The molecule has 134 valence electrons. The van der Waals surface area contributed by atoms with E-state index in [1.807, 2.05) is 30.3 Å². The van der Waals surface area contributed by atoms with Crippen LogP contribution in [0.2, 0.25) is 0 Å². The van der Waals surface area contributed by atoms with E-state index in [4.69, 9.17) is 9.57 Å². The Bertz CT molecular complexity index is 533. The minimum atomic E-state index is -0.392. The maximum atomic E-state index is 12.0. The van der Waals surface area contributed by atoms with Gasteiger partial charge in [0, 0.05) is 20.9 Å². The number of nitrogens with one attached hydrogen (secondary N) is 1. The van der Waals surface area contributed by atoms with Crippen LogP contribution in [-0.2, 0) is 21.0 Å². The van der Waals surface area contributed by atoms with Gasteiger partial charge in [0.15, 0.2) is 0 Å². The Morgan fingerprint density at radius 1 is 1.21 bits per heavy atom. The zero-order valence-corrected chi connectivity index (χ0v) is 14.4. The first-order chi connectivity index (χ1) is 11.6. The summed E-state index contributed by atoms with van der Waals surface area (Å²) in [6.45, 7) is 0.867. The number of ether oxygens (including phenoxy) is 1. The monoisotopic (exact) mass is 336 g/mol. The SMILES string of the molecule is CON(C)C(=O)C1CCC(CNC(=O)OCc2ccccc2)CC1.[HH]. The summed E-state index contributed by atoms with van der Waals surface area (Å²) in [6.07, 6.45) is 3.12. The lowest BCUT2D eigenvalue weighted by atomic mass is 9.81. The van der Waals surface area contributed by atoms with Gasteiger partial charge in [-0.15, -0.1) is 0 Å². The quantitative estimate of drug-likeness (QED) is 0.811. The number of hydrogen-bond acceptors (Lipinski definition) is 4. The first-order valence-electron chi connectivity index (χ1n) is 8.36. The number of hydroxylamine groups is 2. The van der Waals surface area contributed by atoms with Crippen molar-refractivity contribution >= 4 is 12.0 Å². The van der Waals surface area contributed by atoms with Gasteiger partial charge in [0.25, 0.3) is 0 Å². The third-order valence-electron chi connectivity index (χ3n) is 4.53. The number of carbonyl (C=O) groups is 2. The molecule has 24 heavy (non-hydrogen) atoms. The van der Waals surface area contributed by atoms with Crippen LogP contribution < -0.4 is 5.32 Å². The molecule has 1 aromatic rings. The molecule has 1 aliphatic carbocycles. The van der Waals surface area contributed by atoms with Crippen LogP contribution in [0, 0.1) is 11.8 Å². The first kappa shape index (κ1) is 18.3. The molecule has 1 aromatic carbocycles. The van der Waals surface area contributed by atoms with Crippen LogP contribution in [0.15, 0.2) is 30.3 Å². The molecule has 1 N–H and O–H groups in total. The van der Waals surface area contributed by atoms with Crippen LogP contribution in [0.3, 0.4) is 0 Å². The van der Waals surface area contributed by atoms with Crippen LogP contribution in [0.4, 0.5) is 4.79 Å². The molecule has 6 heteroatoms. The fourth-order valence-electron chi connectivity index (χ4n) is 2.96. The first-order valence-corrected chi connectivity index (χ1v) is 8.36. The highest BCUT2D eigenvalue weighted by atomic mass is 16.7. The lowest BCUT2D eigenvalue weighted by Gasteiger charge is -2.29. The fraction of sp³-hybridized carbons (Fsp3) is 0.556. The molecule has 0 aromatic heterocycles. The summed E-state index contributed by atoms with van der Waals surface area (Å²) in [7, 11) is 3.13. The molecule has 0 unspecified atom stereocenters. The smallest absolute Gasteiger partial charge is 0.407 e. The standard InChI is InChI=1S/C18H26N2O4.H2/c1-20(23-2)17(21)16-10-8-14(9-11-16)12-19-18(22)24-13-15-6-4-3-5-7-15;/h3-7,14,16H,8-13H2,1-2H3,(H,19,22);1H. The zero-order valence-electron chi connectivity index (χ0n) is 14.4. The highest BCUT2D eigenvalue weighted by molar-refractivity contribution is 5.77. The minimum absolute atomic E-state index is 0. The Morgan fingerprint density at radius 3 is 2.50 bits per heavy atom. The largest absolute Gasteiger partial charge is 0.445 e. The van der Waals surface area contributed by atoms with E-state index >= 15 is 0 Å². The summed E-state index contributed by atoms with van der Waals surface area (Å²) in [5.74, 6) is 0.452. The fourth-order valence-corrected chi connectivity index (χ4v) is 2.96. The molecule has 1 fully saturated rings. The molecule has 0 heterocycles. The Kier molecular flexibility index (Phi) is 7.06. The van der Waals surface area contributed by atoms with Gasteiger partial charge in [-0.25, -0.2) is 9.86 Å². The summed E-state index contributed by atoms with van der Waals surface area (Å²) in [5, 5.41) is 4.12. The van der Waals surface area contributed by atoms with E-state index in [0.717, 1.165) is 31.2 Å². The van der Waals surface area contributed by atoms with Gasteiger partial charge in [0.05, 0.1) is 7.11 Å². The van der Waals surface area contributed by atoms with Gasteiger partial charge in [-0.3, -0.25) is 9.63 Å². The van der Waals surface area contributed by atoms with Crippen molar-refractivity contribution in [2.45, 2.75) is 32.3 Å². The van der Waals surface area contributed by atoms with Crippen LogP contribution in [0.5, 0.6) is 0 Å². The average molecular weight is 336 g/mol. The Hall–Kier alpha value is -2.08. The van der Waals surface area contributed by atoms with E-state index in [9.17, 15) is 9.59 Å². The van der Waals surface area contributed by atoms with Crippen molar-refractivity contribution in [1.29, 1.82) is 0 Å². The third kappa shape index (κ3) is 5.53. The summed E-state index contributed by atoms with van der Waals surface area (Å²) in [4.78, 5) is 28.7. The molecular weight excluding hydrogens is 308 g/mol. The normalized spacial score (nSPS) is 20.2. The number of rotatable bonds is 6. The number of hydrogen-bond donors (Lipinski definition) is 1. The second-order valence-corrected chi connectivity index (χ2v) is 6.18. The zero-order chi connectivity index (χ0) is 17.4. The van der Waals surface area contributed by atoms with E-state index in [1.165, 1.54) is 12.2 Å². The third-order valence-corrected chi connectivity index (χ3v) is 4.53. The van der Waals surface area contributed by atoms with Crippen molar-refractivity contribution in [3.05, 3.63) is 35.9 Å². The van der Waals surface area contributed by atoms with Gasteiger partial charge < -0.3 is 10.1 Å². The number of alkyl carbamates (subject to hydrolysis) is 1. The summed E-state index contributed by atoms with van der Waals surface area (Å²) >= 11 is 0. The molecule has 0 atom stereocenters. The van der Waals surface area contributed by atoms with Crippen molar-refractivity contribution in [3.63, 3.8) is 0 Å². The van der Waals surface area contributed by atoms with Gasteiger partial charge >= 0.3 is 6.09 Å². The van der Waals surface area contributed by atoms with E-state index in [2.05, 4.69) is 5.32 Å².